The molecule has 1 N–H and O–H groups in total. The predicted molar refractivity (Wildman–Crippen MR) is 117 cm³/mol. The van der Waals surface area contributed by atoms with Crippen molar-refractivity contribution < 1.29 is 35.9 Å². The van der Waals surface area contributed by atoms with Crippen molar-refractivity contribution in [2.45, 2.75) is 17.5 Å². The van der Waals surface area contributed by atoms with Gasteiger partial charge in [0.2, 0.25) is 0 Å². The Hall–Kier alpha value is -3.37. The highest BCUT2D eigenvalue weighted by Gasteiger charge is 2.32. The van der Waals surface area contributed by atoms with Gasteiger partial charge in [-0.3, -0.25) is 0 Å². The Balaban J connectivity index is 1.91. The molecule has 0 atom stereocenters. The number of carboxylic acids is 1. The normalized spacial score (nSPS) is 12.3. The second kappa shape index (κ2) is 8.44. The molecule has 11 heteroatoms. The standard InChI is InChI=1S/C23H14ClF4NO4S/c24-19-12-18(6-7-20(19)25)34(32,33)29-17(9-13-1-3-14(4-2-13)22(30)31)11-15-10-16(23(26,27)28)5-8-21(15)29/h1-8,10-12H,9H2,(H,30,31). The summed E-state index contributed by atoms with van der Waals surface area (Å²) in [6.45, 7) is 0. The van der Waals surface area contributed by atoms with E-state index in [-0.39, 0.29) is 33.5 Å². The van der Waals surface area contributed by atoms with Gasteiger partial charge in [0.25, 0.3) is 10.0 Å². The van der Waals surface area contributed by atoms with Gasteiger partial charge in [-0.25, -0.2) is 21.6 Å². The van der Waals surface area contributed by atoms with Crippen LogP contribution in [0.15, 0.2) is 71.6 Å². The molecule has 0 aliphatic heterocycles. The summed E-state index contributed by atoms with van der Waals surface area (Å²) in [4.78, 5) is 10.7. The molecule has 3 aromatic carbocycles. The van der Waals surface area contributed by atoms with Crippen molar-refractivity contribution in [2.24, 2.45) is 0 Å². The maximum absolute atomic E-state index is 13.6. The maximum Gasteiger partial charge on any atom is 0.416 e. The van der Waals surface area contributed by atoms with E-state index in [2.05, 4.69) is 0 Å². The number of fused-ring (bicyclic) bond motifs is 1. The van der Waals surface area contributed by atoms with Crippen molar-refractivity contribution in [1.82, 2.24) is 3.97 Å². The third-order valence-corrected chi connectivity index (χ3v) is 7.22. The van der Waals surface area contributed by atoms with E-state index >= 15 is 0 Å². The molecule has 176 valence electrons. The Morgan fingerprint density at radius 1 is 0.971 bits per heavy atom. The highest BCUT2D eigenvalue weighted by Crippen LogP contribution is 2.34. The predicted octanol–water partition coefficient (Wildman–Crippen LogP) is 5.98. The molecule has 0 fully saturated rings. The van der Waals surface area contributed by atoms with Gasteiger partial charge in [0, 0.05) is 17.5 Å². The van der Waals surface area contributed by atoms with Gasteiger partial charge in [-0.15, -0.1) is 0 Å². The molecule has 0 bridgehead atoms. The number of rotatable bonds is 5. The molecular formula is C23H14ClF4NO4S. The lowest BCUT2D eigenvalue weighted by Gasteiger charge is -2.13. The van der Waals surface area contributed by atoms with Gasteiger partial charge in [-0.1, -0.05) is 23.7 Å². The Kier molecular flexibility index (Phi) is 5.91. The summed E-state index contributed by atoms with van der Waals surface area (Å²) in [5.74, 6) is -1.97. The quantitative estimate of drug-likeness (QED) is 0.334. The molecule has 0 radical (unpaired) electrons. The zero-order valence-corrected chi connectivity index (χ0v) is 18.5. The number of hydrogen-bond donors (Lipinski definition) is 1. The first kappa shape index (κ1) is 23.8. The second-order valence-corrected chi connectivity index (χ2v) is 9.63. The Bertz CT molecular complexity index is 1530. The molecule has 0 saturated heterocycles. The summed E-state index contributed by atoms with van der Waals surface area (Å²) in [7, 11) is -4.39. The van der Waals surface area contributed by atoms with E-state index in [9.17, 15) is 30.8 Å². The summed E-state index contributed by atoms with van der Waals surface area (Å²) >= 11 is 5.76. The van der Waals surface area contributed by atoms with Crippen LogP contribution in [-0.2, 0) is 22.6 Å². The minimum Gasteiger partial charge on any atom is -0.478 e. The number of benzene rings is 3. The average Bonchev–Trinajstić information content (AvgIpc) is 3.13. The molecule has 0 aliphatic carbocycles. The molecule has 34 heavy (non-hydrogen) atoms. The fourth-order valence-electron chi connectivity index (χ4n) is 3.55. The van der Waals surface area contributed by atoms with Gasteiger partial charge >= 0.3 is 12.1 Å². The summed E-state index contributed by atoms with van der Waals surface area (Å²) in [5, 5.41) is 8.66. The van der Waals surface area contributed by atoms with Crippen LogP contribution in [0.2, 0.25) is 5.02 Å². The number of aromatic nitrogens is 1. The minimum absolute atomic E-state index is 0.00870. The molecular weight excluding hydrogens is 498 g/mol. The SMILES string of the molecule is O=C(O)c1ccc(Cc2cc3cc(C(F)(F)F)ccc3n2S(=O)(=O)c2ccc(F)c(Cl)c2)cc1. The summed E-state index contributed by atoms with van der Waals surface area (Å²) in [5.41, 5.74) is -0.287. The molecule has 0 amide bonds. The van der Waals surface area contributed by atoms with Gasteiger partial charge < -0.3 is 5.11 Å². The van der Waals surface area contributed by atoms with Crippen molar-refractivity contribution in [3.63, 3.8) is 0 Å². The van der Waals surface area contributed by atoms with Crippen molar-refractivity contribution in [2.75, 3.05) is 0 Å². The van der Waals surface area contributed by atoms with Crippen LogP contribution in [0.3, 0.4) is 0 Å². The molecule has 0 saturated carbocycles. The number of nitrogens with zero attached hydrogens (tertiary/aromatic N) is 1. The summed E-state index contributed by atoms with van der Waals surface area (Å²) in [6, 6.07) is 12.4. The summed E-state index contributed by atoms with van der Waals surface area (Å²) in [6.07, 6.45) is -4.67. The van der Waals surface area contributed by atoms with E-state index in [1.165, 1.54) is 30.3 Å². The molecule has 0 aliphatic rings. The smallest absolute Gasteiger partial charge is 0.416 e. The molecule has 4 rings (SSSR count). The first-order valence-electron chi connectivity index (χ1n) is 9.62. The van der Waals surface area contributed by atoms with Crippen LogP contribution in [0.4, 0.5) is 17.6 Å². The molecule has 1 heterocycles. The van der Waals surface area contributed by atoms with Crippen LogP contribution in [0.1, 0.15) is 27.2 Å². The minimum atomic E-state index is -4.63. The van der Waals surface area contributed by atoms with Gasteiger partial charge in [-0.2, -0.15) is 13.2 Å². The molecule has 4 aromatic rings. The second-order valence-electron chi connectivity index (χ2n) is 7.43. The zero-order valence-electron chi connectivity index (χ0n) is 17.0. The van der Waals surface area contributed by atoms with E-state index < -0.39 is 38.6 Å². The van der Waals surface area contributed by atoms with E-state index in [0.29, 0.717) is 5.56 Å². The van der Waals surface area contributed by atoms with Crippen molar-refractivity contribution in [3.05, 3.63) is 100.0 Å². The maximum atomic E-state index is 13.6. The van der Waals surface area contributed by atoms with E-state index in [0.717, 1.165) is 40.4 Å². The van der Waals surface area contributed by atoms with Crippen molar-refractivity contribution >= 4 is 38.5 Å². The van der Waals surface area contributed by atoms with Gasteiger partial charge in [0.1, 0.15) is 5.82 Å². The van der Waals surface area contributed by atoms with Crippen LogP contribution in [-0.4, -0.2) is 23.5 Å². The topological polar surface area (TPSA) is 76.4 Å². The first-order valence-corrected chi connectivity index (χ1v) is 11.4. The summed E-state index contributed by atoms with van der Waals surface area (Å²) < 4.78 is 81.2. The Labute approximate surface area is 195 Å². The van der Waals surface area contributed by atoms with Crippen LogP contribution in [0, 0.1) is 5.82 Å². The van der Waals surface area contributed by atoms with Crippen LogP contribution in [0.5, 0.6) is 0 Å². The molecule has 0 unspecified atom stereocenters. The lowest BCUT2D eigenvalue weighted by Crippen LogP contribution is -2.16. The van der Waals surface area contributed by atoms with E-state index in [4.69, 9.17) is 16.7 Å². The molecule has 5 nitrogen and oxygen atoms in total. The van der Waals surface area contributed by atoms with Gasteiger partial charge in [0.05, 0.1) is 26.6 Å². The third-order valence-electron chi connectivity index (χ3n) is 5.17. The Morgan fingerprint density at radius 3 is 2.24 bits per heavy atom. The Morgan fingerprint density at radius 2 is 1.65 bits per heavy atom. The van der Waals surface area contributed by atoms with Gasteiger partial charge in [0.15, 0.2) is 0 Å². The number of halogens is 5. The van der Waals surface area contributed by atoms with Crippen LogP contribution < -0.4 is 0 Å². The number of carboxylic acid groups (broad SMARTS) is 1. The fourth-order valence-corrected chi connectivity index (χ4v) is 5.36. The lowest BCUT2D eigenvalue weighted by molar-refractivity contribution is -0.137. The number of carbonyl (C=O) groups is 1. The van der Waals surface area contributed by atoms with Gasteiger partial charge in [-0.05, 0) is 60.2 Å². The first-order chi connectivity index (χ1) is 15.9. The molecule has 1 aromatic heterocycles. The highest BCUT2D eigenvalue weighted by molar-refractivity contribution is 7.90. The van der Waals surface area contributed by atoms with E-state index in [1.54, 1.807) is 0 Å². The highest BCUT2D eigenvalue weighted by atomic mass is 35.5. The lowest BCUT2D eigenvalue weighted by atomic mass is 10.1. The monoisotopic (exact) mass is 511 g/mol. The number of hydrogen-bond acceptors (Lipinski definition) is 3. The number of alkyl halides is 3. The molecule has 0 spiro atoms. The van der Waals surface area contributed by atoms with E-state index in [1.807, 2.05) is 0 Å². The van der Waals surface area contributed by atoms with Crippen LogP contribution >= 0.6 is 11.6 Å². The number of aromatic carboxylic acids is 1. The van der Waals surface area contributed by atoms with Crippen molar-refractivity contribution in [3.8, 4) is 0 Å². The largest absolute Gasteiger partial charge is 0.478 e. The zero-order chi connectivity index (χ0) is 24.8. The average molecular weight is 512 g/mol. The van der Waals surface area contributed by atoms with Crippen molar-refractivity contribution in [1.29, 1.82) is 0 Å². The third kappa shape index (κ3) is 4.38. The van der Waals surface area contributed by atoms with Crippen LogP contribution in [0.25, 0.3) is 10.9 Å². The fraction of sp³-hybridized carbons (Fsp3) is 0.0870.